The predicted octanol–water partition coefficient (Wildman–Crippen LogP) is 0.763. The molecule has 0 unspecified atom stereocenters. The summed E-state index contributed by atoms with van der Waals surface area (Å²) in [5.74, 6) is 3.03. The maximum Gasteiger partial charge on any atom is 0.225 e. The molecule has 0 aromatic carbocycles. The Hall–Kier alpha value is -1.47. The lowest BCUT2D eigenvalue weighted by molar-refractivity contribution is -0.133. The summed E-state index contributed by atoms with van der Waals surface area (Å²) in [7, 11) is 2.06. The van der Waals surface area contributed by atoms with Gasteiger partial charge in [-0.3, -0.25) is 9.69 Å². The summed E-state index contributed by atoms with van der Waals surface area (Å²) in [6.07, 6.45) is 4.31. The van der Waals surface area contributed by atoms with E-state index in [4.69, 9.17) is 4.74 Å². The molecule has 0 spiro atoms. The summed E-state index contributed by atoms with van der Waals surface area (Å²) in [5.41, 5.74) is 0. The fraction of sp³-hybridized carbons (Fsp3) is 0.824. The Balaban J connectivity index is 1.42. The van der Waals surface area contributed by atoms with Gasteiger partial charge in [-0.15, -0.1) is 10.2 Å². The van der Waals surface area contributed by atoms with E-state index < -0.39 is 0 Å². The molecule has 3 heterocycles. The van der Waals surface area contributed by atoms with Crippen LogP contribution in [-0.4, -0.2) is 69.9 Å². The van der Waals surface area contributed by atoms with E-state index in [0.29, 0.717) is 17.7 Å². The van der Waals surface area contributed by atoms with Crippen molar-refractivity contribution in [2.45, 2.75) is 38.1 Å². The molecule has 1 amide bonds. The zero-order valence-corrected chi connectivity index (χ0v) is 14.5. The van der Waals surface area contributed by atoms with E-state index >= 15 is 0 Å². The van der Waals surface area contributed by atoms with Crippen molar-refractivity contribution in [1.82, 2.24) is 24.6 Å². The van der Waals surface area contributed by atoms with Crippen molar-refractivity contribution in [2.75, 3.05) is 39.4 Å². The van der Waals surface area contributed by atoms with Crippen LogP contribution in [0.3, 0.4) is 0 Å². The molecule has 1 aliphatic carbocycles. The first-order valence-corrected chi connectivity index (χ1v) is 9.19. The third-order valence-electron chi connectivity index (χ3n) is 5.49. The smallest absolute Gasteiger partial charge is 0.225 e. The van der Waals surface area contributed by atoms with Crippen LogP contribution in [0.15, 0.2) is 0 Å². The van der Waals surface area contributed by atoms with Crippen LogP contribution in [0.2, 0.25) is 0 Å². The summed E-state index contributed by atoms with van der Waals surface area (Å²) < 4.78 is 7.55. The highest BCUT2D eigenvalue weighted by Gasteiger charge is 2.36. The highest BCUT2D eigenvalue weighted by molar-refractivity contribution is 5.81. The number of hydrogen-bond acceptors (Lipinski definition) is 5. The Bertz CT molecular complexity index is 592. The van der Waals surface area contributed by atoms with Crippen LogP contribution in [0.25, 0.3) is 0 Å². The summed E-state index contributed by atoms with van der Waals surface area (Å²) in [6, 6.07) is 0. The summed E-state index contributed by atoms with van der Waals surface area (Å²) in [4.78, 5) is 16.8. The molecule has 0 bridgehead atoms. The van der Waals surface area contributed by atoms with Crippen LogP contribution < -0.4 is 0 Å². The third kappa shape index (κ3) is 3.32. The molecule has 24 heavy (non-hydrogen) atoms. The van der Waals surface area contributed by atoms with Gasteiger partial charge in [-0.05, 0) is 25.7 Å². The first-order valence-electron chi connectivity index (χ1n) is 9.19. The minimum atomic E-state index is 0.306. The second kappa shape index (κ2) is 6.80. The molecule has 2 saturated heterocycles. The Morgan fingerprint density at radius 3 is 2.71 bits per heavy atom. The van der Waals surface area contributed by atoms with Crippen LogP contribution >= 0.6 is 0 Å². The van der Waals surface area contributed by atoms with Crippen LogP contribution in [0.5, 0.6) is 0 Å². The van der Waals surface area contributed by atoms with Crippen molar-refractivity contribution in [3.8, 4) is 0 Å². The standard InChI is InChI=1S/C17H27N5O2/c1-20-15(12-21-7-9-24-10-8-21)18-19-16(20)14-3-2-6-22(11-14)17(23)13-4-5-13/h13-14H,2-12H2,1H3/t14-/m0/s1. The summed E-state index contributed by atoms with van der Waals surface area (Å²) in [5, 5.41) is 8.91. The van der Waals surface area contributed by atoms with Gasteiger partial charge >= 0.3 is 0 Å². The molecule has 1 aromatic rings. The molecule has 132 valence electrons. The molecule has 3 aliphatic rings. The van der Waals surface area contributed by atoms with Gasteiger partial charge in [0.2, 0.25) is 5.91 Å². The number of rotatable bonds is 4. The van der Waals surface area contributed by atoms with E-state index in [-0.39, 0.29) is 0 Å². The van der Waals surface area contributed by atoms with Gasteiger partial charge in [0.05, 0.1) is 19.8 Å². The number of nitrogens with zero attached hydrogens (tertiary/aromatic N) is 5. The topological polar surface area (TPSA) is 63.5 Å². The van der Waals surface area contributed by atoms with E-state index in [9.17, 15) is 4.79 Å². The molecule has 7 heteroatoms. The van der Waals surface area contributed by atoms with Crippen molar-refractivity contribution in [3.63, 3.8) is 0 Å². The number of amides is 1. The number of aromatic nitrogens is 3. The van der Waals surface area contributed by atoms with Crippen molar-refractivity contribution < 1.29 is 9.53 Å². The van der Waals surface area contributed by atoms with Crippen LogP contribution in [0.4, 0.5) is 0 Å². The molecule has 3 fully saturated rings. The monoisotopic (exact) mass is 333 g/mol. The Kier molecular flexibility index (Phi) is 4.54. The van der Waals surface area contributed by atoms with Crippen LogP contribution in [0, 0.1) is 5.92 Å². The molecule has 0 radical (unpaired) electrons. The van der Waals surface area contributed by atoms with Gasteiger partial charge in [0.1, 0.15) is 11.6 Å². The van der Waals surface area contributed by atoms with Gasteiger partial charge in [-0.25, -0.2) is 0 Å². The number of carbonyl (C=O) groups is 1. The zero-order chi connectivity index (χ0) is 16.5. The zero-order valence-electron chi connectivity index (χ0n) is 14.5. The quantitative estimate of drug-likeness (QED) is 0.814. The number of hydrogen-bond donors (Lipinski definition) is 0. The van der Waals surface area contributed by atoms with Crippen molar-refractivity contribution in [1.29, 1.82) is 0 Å². The first-order chi connectivity index (χ1) is 11.7. The average molecular weight is 333 g/mol. The van der Waals surface area contributed by atoms with E-state index in [2.05, 4.69) is 31.6 Å². The summed E-state index contributed by atoms with van der Waals surface area (Å²) in [6.45, 7) is 6.04. The predicted molar refractivity (Wildman–Crippen MR) is 88.4 cm³/mol. The number of piperidine rings is 1. The van der Waals surface area contributed by atoms with Gasteiger partial charge in [0.15, 0.2) is 0 Å². The maximum absolute atomic E-state index is 12.4. The molecule has 4 rings (SSSR count). The van der Waals surface area contributed by atoms with Crippen LogP contribution in [-0.2, 0) is 23.1 Å². The number of likely N-dealkylation sites (tertiary alicyclic amines) is 1. The van der Waals surface area contributed by atoms with Gasteiger partial charge < -0.3 is 14.2 Å². The minimum Gasteiger partial charge on any atom is -0.379 e. The van der Waals surface area contributed by atoms with E-state index in [1.165, 1.54) is 0 Å². The molecule has 2 aliphatic heterocycles. The minimum absolute atomic E-state index is 0.306. The van der Waals surface area contributed by atoms with Crippen molar-refractivity contribution in [3.05, 3.63) is 11.6 Å². The third-order valence-corrected chi connectivity index (χ3v) is 5.49. The fourth-order valence-electron chi connectivity index (χ4n) is 3.80. The molecule has 1 atom stereocenters. The van der Waals surface area contributed by atoms with E-state index in [0.717, 1.165) is 83.3 Å². The number of ether oxygens (including phenoxy) is 1. The molecule has 1 aromatic heterocycles. The average Bonchev–Trinajstić information content (AvgIpc) is 3.41. The molecular formula is C17H27N5O2. The largest absolute Gasteiger partial charge is 0.379 e. The van der Waals surface area contributed by atoms with Gasteiger partial charge in [0, 0.05) is 45.1 Å². The SMILES string of the molecule is Cn1c(CN2CCOCC2)nnc1[C@H]1CCCN(C(=O)C2CC2)C1. The van der Waals surface area contributed by atoms with Gasteiger partial charge in [-0.1, -0.05) is 0 Å². The molecule has 7 nitrogen and oxygen atoms in total. The summed E-state index contributed by atoms with van der Waals surface area (Å²) >= 11 is 0. The highest BCUT2D eigenvalue weighted by Crippen LogP contribution is 2.34. The Labute approximate surface area is 143 Å². The van der Waals surface area contributed by atoms with Crippen LogP contribution in [0.1, 0.15) is 43.3 Å². The van der Waals surface area contributed by atoms with Gasteiger partial charge in [-0.2, -0.15) is 0 Å². The number of carbonyl (C=O) groups excluding carboxylic acids is 1. The molecular weight excluding hydrogens is 306 g/mol. The lowest BCUT2D eigenvalue weighted by Gasteiger charge is -2.32. The normalized spacial score (nSPS) is 25.9. The molecule has 1 saturated carbocycles. The van der Waals surface area contributed by atoms with Gasteiger partial charge in [0.25, 0.3) is 0 Å². The van der Waals surface area contributed by atoms with E-state index in [1.54, 1.807) is 0 Å². The molecule has 0 N–H and O–H groups in total. The number of morpholine rings is 1. The second-order valence-corrected chi connectivity index (χ2v) is 7.32. The maximum atomic E-state index is 12.4. The lowest BCUT2D eigenvalue weighted by atomic mass is 9.96. The fourth-order valence-corrected chi connectivity index (χ4v) is 3.80. The Morgan fingerprint density at radius 1 is 1.17 bits per heavy atom. The first kappa shape index (κ1) is 16.0. The lowest BCUT2D eigenvalue weighted by Crippen LogP contribution is -2.40. The second-order valence-electron chi connectivity index (χ2n) is 7.32. The van der Waals surface area contributed by atoms with Crippen molar-refractivity contribution in [2.24, 2.45) is 13.0 Å². The Morgan fingerprint density at radius 2 is 1.96 bits per heavy atom. The van der Waals surface area contributed by atoms with E-state index in [1.807, 2.05) is 0 Å². The van der Waals surface area contributed by atoms with Crippen molar-refractivity contribution >= 4 is 5.91 Å². The highest BCUT2D eigenvalue weighted by atomic mass is 16.5.